The summed E-state index contributed by atoms with van der Waals surface area (Å²) in [4.78, 5) is 14.2. The van der Waals surface area contributed by atoms with Crippen molar-refractivity contribution in [3.63, 3.8) is 0 Å². The maximum atomic E-state index is 10.3. The van der Waals surface area contributed by atoms with Crippen molar-refractivity contribution in [3.8, 4) is 0 Å². The fraction of sp³-hybridized carbons (Fsp3) is 0.818. The summed E-state index contributed by atoms with van der Waals surface area (Å²) >= 11 is 0. The van der Waals surface area contributed by atoms with Gasteiger partial charge in [0.15, 0.2) is 0 Å². The average molecular weight is 180 g/mol. The van der Waals surface area contributed by atoms with Gasteiger partial charge >= 0.3 is 0 Å². The highest BCUT2D eigenvalue weighted by atomic mass is 16.1. The van der Waals surface area contributed by atoms with Gasteiger partial charge in [-0.1, -0.05) is 20.8 Å². The van der Waals surface area contributed by atoms with E-state index in [2.05, 4.69) is 25.8 Å². The number of hydrogen-bond donors (Lipinski definition) is 0. The Kier molecular flexibility index (Phi) is 2.63. The molecule has 13 heavy (non-hydrogen) atoms. The third kappa shape index (κ3) is 2.67. The predicted octanol–water partition coefficient (Wildman–Crippen LogP) is 2.89. The summed E-state index contributed by atoms with van der Waals surface area (Å²) in [5, 5.41) is 0. The minimum Gasteiger partial charge on any atom is -0.211 e. The van der Waals surface area contributed by atoms with Crippen molar-refractivity contribution in [1.82, 2.24) is 0 Å². The third-order valence-corrected chi connectivity index (χ3v) is 2.64. The topological polar surface area (TPSA) is 29.4 Å². The molecule has 1 fully saturated rings. The Hall–Kier alpha value is -0.620. The van der Waals surface area contributed by atoms with Crippen LogP contribution in [-0.4, -0.2) is 11.6 Å². The van der Waals surface area contributed by atoms with Crippen LogP contribution in [0.5, 0.6) is 0 Å². The highest BCUT2D eigenvalue weighted by Crippen LogP contribution is 2.46. The van der Waals surface area contributed by atoms with Crippen molar-refractivity contribution < 1.29 is 4.79 Å². The minimum atomic E-state index is -0.201. The summed E-state index contributed by atoms with van der Waals surface area (Å²) in [7, 11) is 0. The van der Waals surface area contributed by atoms with Gasteiger partial charge in [0.05, 0.1) is 5.54 Å². The van der Waals surface area contributed by atoms with E-state index in [1.54, 1.807) is 6.08 Å². The zero-order chi connectivity index (χ0) is 10.1. The van der Waals surface area contributed by atoms with Crippen LogP contribution in [0.15, 0.2) is 4.99 Å². The molecule has 0 aromatic rings. The first-order valence-corrected chi connectivity index (χ1v) is 4.77. The van der Waals surface area contributed by atoms with E-state index in [-0.39, 0.29) is 11.0 Å². The Balaban J connectivity index is 2.83. The van der Waals surface area contributed by atoms with E-state index in [0.717, 1.165) is 19.3 Å². The SMILES string of the molecule is C[C]1CC(C)(C)CC(C)(N=C=O)C1. The first kappa shape index (κ1) is 10.5. The fourth-order valence-electron chi connectivity index (χ4n) is 2.87. The molecule has 0 aliphatic heterocycles. The fourth-order valence-corrected chi connectivity index (χ4v) is 2.87. The third-order valence-electron chi connectivity index (χ3n) is 2.64. The van der Waals surface area contributed by atoms with Gasteiger partial charge in [-0.15, -0.1) is 0 Å². The van der Waals surface area contributed by atoms with E-state index >= 15 is 0 Å². The largest absolute Gasteiger partial charge is 0.235 e. The number of aliphatic imine (C=N–C) groups is 1. The quantitative estimate of drug-likeness (QED) is 0.450. The number of rotatable bonds is 1. The van der Waals surface area contributed by atoms with Gasteiger partial charge in [0, 0.05) is 0 Å². The zero-order valence-electron chi connectivity index (χ0n) is 8.98. The van der Waals surface area contributed by atoms with E-state index in [1.807, 2.05) is 6.92 Å². The van der Waals surface area contributed by atoms with Crippen LogP contribution in [0.25, 0.3) is 0 Å². The maximum Gasteiger partial charge on any atom is 0.235 e. The first-order chi connectivity index (χ1) is 5.87. The lowest BCUT2D eigenvalue weighted by atomic mass is 9.65. The van der Waals surface area contributed by atoms with E-state index in [9.17, 15) is 4.79 Å². The van der Waals surface area contributed by atoms with Gasteiger partial charge in [-0.25, -0.2) is 4.79 Å². The molecule has 1 radical (unpaired) electrons. The van der Waals surface area contributed by atoms with Crippen molar-refractivity contribution in [2.75, 3.05) is 0 Å². The van der Waals surface area contributed by atoms with Crippen LogP contribution in [-0.2, 0) is 4.79 Å². The molecule has 1 saturated carbocycles. The number of carbonyl (C=O) groups excluding carboxylic acids is 1. The van der Waals surface area contributed by atoms with Gasteiger partial charge < -0.3 is 0 Å². The molecular formula is C11H18NO. The van der Waals surface area contributed by atoms with E-state index in [0.29, 0.717) is 0 Å². The molecule has 1 rings (SSSR count). The van der Waals surface area contributed by atoms with Gasteiger partial charge in [0.2, 0.25) is 6.08 Å². The Morgan fingerprint density at radius 2 is 1.92 bits per heavy atom. The van der Waals surface area contributed by atoms with Crippen LogP contribution in [0, 0.1) is 11.3 Å². The summed E-state index contributed by atoms with van der Waals surface area (Å²) < 4.78 is 0. The van der Waals surface area contributed by atoms with Crippen LogP contribution in [0.3, 0.4) is 0 Å². The van der Waals surface area contributed by atoms with Crippen molar-refractivity contribution in [1.29, 1.82) is 0 Å². The molecule has 2 nitrogen and oxygen atoms in total. The Labute approximate surface area is 80.4 Å². The lowest BCUT2D eigenvalue weighted by Crippen LogP contribution is -2.37. The lowest BCUT2D eigenvalue weighted by Gasteiger charge is -2.42. The summed E-state index contributed by atoms with van der Waals surface area (Å²) in [6.45, 7) is 8.66. The van der Waals surface area contributed by atoms with Crippen LogP contribution in [0.2, 0.25) is 0 Å². The molecule has 0 N–H and O–H groups in total. The normalized spacial score (nSPS) is 33.8. The molecule has 0 amide bonds. The summed E-state index contributed by atoms with van der Waals surface area (Å²) in [5.41, 5.74) is 0.0744. The van der Waals surface area contributed by atoms with E-state index < -0.39 is 0 Å². The second-order valence-corrected chi connectivity index (χ2v) is 5.35. The number of isocyanates is 1. The average Bonchev–Trinajstić information content (AvgIpc) is 1.78. The van der Waals surface area contributed by atoms with Crippen molar-refractivity contribution in [2.45, 2.75) is 52.5 Å². The zero-order valence-corrected chi connectivity index (χ0v) is 8.98. The van der Waals surface area contributed by atoms with Crippen LogP contribution in [0.1, 0.15) is 47.0 Å². The van der Waals surface area contributed by atoms with E-state index in [4.69, 9.17) is 0 Å². The number of nitrogens with zero attached hydrogens (tertiary/aromatic N) is 1. The molecule has 73 valence electrons. The molecule has 1 unspecified atom stereocenters. The molecule has 0 saturated heterocycles. The Morgan fingerprint density at radius 1 is 1.31 bits per heavy atom. The minimum absolute atomic E-state index is 0.201. The van der Waals surface area contributed by atoms with Gasteiger partial charge in [0.1, 0.15) is 0 Å². The second-order valence-electron chi connectivity index (χ2n) is 5.35. The highest BCUT2D eigenvalue weighted by molar-refractivity contribution is 5.35. The summed E-state index contributed by atoms with van der Waals surface area (Å²) in [6, 6.07) is 0. The van der Waals surface area contributed by atoms with Gasteiger partial charge in [0.25, 0.3) is 0 Å². The molecule has 1 aliphatic carbocycles. The summed E-state index contributed by atoms with van der Waals surface area (Å²) in [5.74, 6) is 1.44. The highest BCUT2D eigenvalue weighted by Gasteiger charge is 2.39. The molecule has 0 aromatic carbocycles. The smallest absolute Gasteiger partial charge is 0.211 e. The van der Waals surface area contributed by atoms with Crippen molar-refractivity contribution >= 4 is 6.08 Å². The van der Waals surface area contributed by atoms with Gasteiger partial charge in [-0.2, -0.15) is 4.99 Å². The Bertz CT molecular complexity index is 240. The predicted molar refractivity (Wildman–Crippen MR) is 53.1 cm³/mol. The van der Waals surface area contributed by atoms with Crippen LogP contribution in [0.4, 0.5) is 0 Å². The molecule has 1 aliphatic rings. The molecular weight excluding hydrogens is 162 g/mol. The monoisotopic (exact) mass is 180 g/mol. The van der Waals surface area contributed by atoms with Gasteiger partial charge in [-0.3, -0.25) is 0 Å². The first-order valence-electron chi connectivity index (χ1n) is 4.77. The number of hydrogen-bond acceptors (Lipinski definition) is 2. The molecule has 0 aromatic heterocycles. The lowest BCUT2D eigenvalue weighted by molar-refractivity contribution is 0.184. The molecule has 0 spiro atoms. The molecule has 0 heterocycles. The molecule has 0 bridgehead atoms. The summed E-state index contributed by atoms with van der Waals surface area (Å²) in [6.07, 6.45) is 4.76. The molecule has 1 atom stereocenters. The standard InChI is InChI=1S/C11H18NO/c1-9-5-10(2,3)7-11(4,6-9)12-8-13/h5-7H2,1-4H3. The van der Waals surface area contributed by atoms with Crippen molar-refractivity contribution in [2.24, 2.45) is 10.4 Å². The van der Waals surface area contributed by atoms with Gasteiger partial charge in [-0.05, 0) is 37.5 Å². The second kappa shape index (κ2) is 3.26. The van der Waals surface area contributed by atoms with Crippen molar-refractivity contribution in [3.05, 3.63) is 5.92 Å². The molecule has 2 heteroatoms. The van der Waals surface area contributed by atoms with Crippen LogP contribution >= 0.6 is 0 Å². The Morgan fingerprint density at radius 3 is 2.38 bits per heavy atom. The van der Waals surface area contributed by atoms with Crippen LogP contribution < -0.4 is 0 Å². The van der Waals surface area contributed by atoms with E-state index in [1.165, 1.54) is 5.92 Å². The maximum absolute atomic E-state index is 10.3.